The third-order valence-electron chi connectivity index (χ3n) is 6.95. The molecular formula is C30H34Cl2N2O4S. The second-order valence-electron chi connectivity index (χ2n) is 9.84. The topological polar surface area (TPSA) is 75.7 Å². The summed E-state index contributed by atoms with van der Waals surface area (Å²) in [5, 5.41) is 3.30. The van der Waals surface area contributed by atoms with Crippen LogP contribution in [0.1, 0.15) is 54.9 Å². The fraction of sp³-hybridized carbons (Fsp3) is 0.367. The largest absolute Gasteiger partial charge is 0.490 e. The van der Waals surface area contributed by atoms with Gasteiger partial charge in [-0.2, -0.15) is 4.31 Å². The molecule has 39 heavy (non-hydrogen) atoms. The van der Waals surface area contributed by atoms with Crippen molar-refractivity contribution in [3.63, 3.8) is 0 Å². The van der Waals surface area contributed by atoms with Crippen molar-refractivity contribution in [1.82, 2.24) is 4.31 Å². The number of carbonyl (C=O) groups excluding carboxylic acids is 1. The lowest BCUT2D eigenvalue weighted by Gasteiger charge is -2.31. The van der Waals surface area contributed by atoms with Gasteiger partial charge in [0.25, 0.3) is 5.91 Å². The first-order chi connectivity index (χ1) is 18.8. The van der Waals surface area contributed by atoms with Crippen molar-refractivity contribution in [3.8, 4) is 5.75 Å². The highest BCUT2D eigenvalue weighted by Gasteiger charge is 2.29. The van der Waals surface area contributed by atoms with Gasteiger partial charge in [0.2, 0.25) is 10.0 Å². The number of nitrogens with zero attached hydrogens (tertiary/aromatic N) is 1. The second kappa shape index (κ2) is 13.7. The van der Waals surface area contributed by atoms with Crippen LogP contribution in [0.4, 0.5) is 5.69 Å². The quantitative estimate of drug-likeness (QED) is 0.236. The van der Waals surface area contributed by atoms with E-state index in [1.165, 1.54) is 29.8 Å². The third-order valence-corrected chi connectivity index (χ3v) is 9.42. The van der Waals surface area contributed by atoms with Crippen LogP contribution in [0.25, 0.3) is 0 Å². The van der Waals surface area contributed by atoms with E-state index in [1.807, 2.05) is 18.2 Å². The third kappa shape index (κ3) is 7.76. The lowest BCUT2D eigenvalue weighted by molar-refractivity contribution is 0.102. The van der Waals surface area contributed by atoms with Crippen LogP contribution >= 0.6 is 23.2 Å². The molecule has 0 bridgehead atoms. The maximum Gasteiger partial charge on any atom is 0.255 e. The van der Waals surface area contributed by atoms with Crippen LogP contribution in [0.15, 0.2) is 71.6 Å². The van der Waals surface area contributed by atoms with Gasteiger partial charge in [0.1, 0.15) is 0 Å². The summed E-state index contributed by atoms with van der Waals surface area (Å²) in [6.45, 7) is 3.60. The number of hydrogen-bond donors (Lipinski definition) is 1. The Morgan fingerprint density at radius 2 is 1.62 bits per heavy atom. The predicted molar refractivity (Wildman–Crippen MR) is 158 cm³/mol. The summed E-state index contributed by atoms with van der Waals surface area (Å²) < 4.78 is 33.7. The highest BCUT2D eigenvalue weighted by molar-refractivity contribution is 7.89. The molecule has 1 aliphatic rings. The van der Waals surface area contributed by atoms with Crippen molar-refractivity contribution in [1.29, 1.82) is 0 Å². The SMILES string of the molecule is CCCCCOc1c(Cl)cc(C(=O)Nc2ccc(S(=O)(=O)N3CCC(Cc4ccccc4)CC3)cc2)cc1Cl. The number of rotatable bonds is 11. The molecule has 208 valence electrons. The second-order valence-corrected chi connectivity index (χ2v) is 12.6. The van der Waals surface area contributed by atoms with Gasteiger partial charge in [0.15, 0.2) is 5.75 Å². The van der Waals surface area contributed by atoms with Crippen LogP contribution in [0.5, 0.6) is 5.75 Å². The zero-order valence-corrected chi connectivity index (χ0v) is 24.4. The number of unbranched alkanes of at least 4 members (excludes halogenated alkanes) is 2. The van der Waals surface area contributed by atoms with E-state index in [0.717, 1.165) is 38.5 Å². The first-order valence-electron chi connectivity index (χ1n) is 13.3. The van der Waals surface area contributed by atoms with Crippen LogP contribution in [-0.4, -0.2) is 38.3 Å². The van der Waals surface area contributed by atoms with E-state index in [4.69, 9.17) is 27.9 Å². The molecule has 1 aliphatic heterocycles. The number of anilines is 1. The summed E-state index contributed by atoms with van der Waals surface area (Å²) in [5.74, 6) is 0.428. The van der Waals surface area contributed by atoms with Crippen LogP contribution < -0.4 is 10.1 Å². The molecule has 0 aliphatic carbocycles. The molecule has 3 aromatic rings. The average molecular weight is 590 g/mol. The van der Waals surface area contributed by atoms with Crippen molar-refractivity contribution < 1.29 is 17.9 Å². The number of benzene rings is 3. The molecule has 0 atom stereocenters. The predicted octanol–water partition coefficient (Wildman–Crippen LogP) is 7.46. The van der Waals surface area contributed by atoms with Gasteiger partial charge in [-0.15, -0.1) is 0 Å². The minimum Gasteiger partial charge on any atom is -0.490 e. The first-order valence-corrected chi connectivity index (χ1v) is 15.5. The highest BCUT2D eigenvalue weighted by atomic mass is 35.5. The highest BCUT2D eigenvalue weighted by Crippen LogP contribution is 2.35. The van der Waals surface area contributed by atoms with Crippen molar-refractivity contribution in [2.45, 2.75) is 50.3 Å². The maximum atomic E-state index is 13.2. The smallest absolute Gasteiger partial charge is 0.255 e. The van der Waals surface area contributed by atoms with Gasteiger partial charge >= 0.3 is 0 Å². The number of ether oxygens (including phenoxy) is 1. The monoisotopic (exact) mass is 588 g/mol. The molecule has 1 amide bonds. The van der Waals surface area contributed by atoms with Crippen molar-refractivity contribution in [2.75, 3.05) is 25.0 Å². The molecule has 6 nitrogen and oxygen atoms in total. The van der Waals surface area contributed by atoms with Gasteiger partial charge in [-0.3, -0.25) is 4.79 Å². The Labute approximate surface area is 241 Å². The number of hydrogen-bond acceptors (Lipinski definition) is 4. The van der Waals surface area contributed by atoms with Crippen LogP contribution in [0.3, 0.4) is 0 Å². The van der Waals surface area contributed by atoms with Gasteiger partial charge < -0.3 is 10.1 Å². The number of piperidine rings is 1. The molecule has 1 saturated heterocycles. The molecule has 9 heteroatoms. The lowest BCUT2D eigenvalue weighted by atomic mass is 9.91. The van der Waals surface area contributed by atoms with E-state index in [-0.39, 0.29) is 20.5 Å². The van der Waals surface area contributed by atoms with E-state index in [0.29, 0.717) is 37.1 Å². The number of halogens is 2. The normalized spacial score (nSPS) is 14.7. The van der Waals surface area contributed by atoms with E-state index in [9.17, 15) is 13.2 Å². The van der Waals surface area contributed by atoms with Gasteiger partial charge in [-0.05, 0) is 73.6 Å². The molecule has 1 N–H and O–H groups in total. The summed E-state index contributed by atoms with van der Waals surface area (Å²) in [6.07, 6.45) is 5.64. The van der Waals surface area contributed by atoms with Gasteiger partial charge in [-0.1, -0.05) is 73.3 Å². The van der Waals surface area contributed by atoms with Crippen molar-refractivity contribution in [2.24, 2.45) is 5.92 Å². The van der Waals surface area contributed by atoms with E-state index in [2.05, 4.69) is 24.4 Å². The number of sulfonamides is 1. The molecule has 0 aromatic heterocycles. The Kier molecular flexibility index (Phi) is 10.3. The van der Waals surface area contributed by atoms with Crippen LogP contribution in [0.2, 0.25) is 10.0 Å². The minimum absolute atomic E-state index is 0.206. The number of amides is 1. The maximum absolute atomic E-state index is 13.2. The van der Waals surface area contributed by atoms with Crippen molar-refractivity contribution >= 4 is 44.8 Å². The fourth-order valence-corrected chi connectivity index (χ4v) is 6.78. The summed E-state index contributed by atoms with van der Waals surface area (Å²) in [6, 6.07) is 19.5. The standard InChI is InChI=1S/C30H34Cl2N2O4S/c1-2-3-7-18-38-29-27(31)20-24(21-28(29)32)30(35)33-25-10-12-26(13-11-25)39(36,37)34-16-14-23(15-17-34)19-22-8-5-4-6-9-22/h4-6,8-13,20-21,23H,2-3,7,14-19H2,1H3,(H,33,35). The van der Waals surface area contributed by atoms with Crippen LogP contribution in [-0.2, 0) is 16.4 Å². The Morgan fingerprint density at radius 1 is 0.974 bits per heavy atom. The Balaban J connectivity index is 1.34. The molecule has 3 aromatic carbocycles. The fourth-order valence-electron chi connectivity index (χ4n) is 4.72. The molecule has 0 spiro atoms. The lowest BCUT2D eigenvalue weighted by Crippen LogP contribution is -2.38. The summed E-state index contributed by atoms with van der Waals surface area (Å²) in [4.78, 5) is 13.0. The molecule has 0 unspecified atom stereocenters. The molecular weight excluding hydrogens is 555 g/mol. The summed E-state index contributed by atoms with van der Waals surface area (Å²) in [5.41, 5.74) is 2.03. The Hall–Kier alpha value is -2.58. The zero-order chi connectivity index (χ0) is 27.8. The number of carbonyl (C=O) groups is 1. The minimum atomic E-state index is -3.61. The van der Waals surface area contributed by atoms with E-state index >= 15 is 0 Å². The van der Waals surface area contributed by atoms with E-state index < -0.39 is 15.9 Å². The number of nitrogens with one attached hydrogen (secondary N) is 1. The Bertz CT molecular complexity index is 1330. The van der Waals surface area contributed by atoms with Gasteiger partial charge in [0, 0.05) is 24.3 Å². The van der Waals surface area contributed by atoms with E-state index in [1.54, 1.807) is 16.4 Å². The average Bonchev–Trinajstić information content (AvgIpc) is 2.93. The molecule has 1 heterocycles. The van der Waals surface area contributed by atoms with Crippen LogP contribution in [0, 0.1) is 5.92 Å². The van der Waals surface area contributed by atoms with Crippen molar-refractivity contribution in [3.05, 3.63) is 87.9 Å². The zero-order valence-electron chi connectivity index (χ0n) is 22.0. The van der Waals surface area contributed by atoms with Gasteiger partial charge in [0.05, 0.1) is 21.5 Å². The molecule has 1 fully saturated rings. The summed E-state index contributed by atoms with van der Waals surface area (Å²) >= 11 is 12.7. The Morgan fingerprint density at radius 3 is 2.23 bits per heavy atom. The molecule has 0 saturated carbocycles. The molecule has 4 rings (SSSR count). The van der Waals surface area contributed by atoms with Gasteiger partial charge in [-0.25, -0.2) is 8.42 Å². The summed E-state index contributed by atoms with van der Waals surface area (Å²) in [7, 11) is -3.61. The first kappa shape index (κ1) is 29.4. The molecule has 0 radical (unpaired) electrons.